The lowest BCUT2D eigenvalue weighted by molar-refractivity contribution is -0.207. The predicted molar refractivity (Wildman–Crippen MR) is 62.6 cm³/mol. The van der Waals surface area contributed by atoms with Crippen molar-refractivity contribution < 1.29 is 23.8 Å². The van der Waals surface area contributed by atoms with Gasteiger partial charge in [0.2, 0.25) is 0 Å². The molecular weight excluding hydrogens is 242 g/mol. The van der Waals surface area contributed by atoms with E-state index in [1.807, 2.05) is 6.92 Å². The Morgan fingerprint density at radius 1 is 1.28 bits per heavy atom. The zero-order chi connectivity index (χ0) is 14.0. The molecule has 2 N–H and O–H groups in total. The monoisotopic (exact) mass is 258 g/mol. The maximum absolute atomic E-state index is 13.4. The molecule has 0 fully saturated rings. The molecule has 1 unspecified atom stereocenters. The molecule has 0 heterocycles. The zero-order valence-corrected chi connectivity index (χ0v) is 10.3. The molecule has 1 atom stereocenters. The number of benzene rings is 1. The third kappa shape index (κ3) is 2.51. The topological polar surface area (TPSA) is 57.5 Å². The second kappa shape index (κ2) is 5.02. The van der Waals surface area contributed by atoms with Crippen molar-refractivity contribution in [2.75, 3.05) is 0 Å². The van der Waals surface area contributed by atoms with Crippen molar-refractivity contribution in [1.29, 1.82) is 0 Å². The van der Waals surface area contributed by atoms with E-state index in [2.05, 4.69) is 0 Å². The van der Waals surface area contributed by atoms with E-state index in [9.17, 15) is 18.7 Å². The van der Waals surface area contributed by atoms with Crippen molar-refractivity contribution in [3.8, 4) is 0 Å². The molecule has 0 aliphatic heterocycles. The Hall–Kier alpha value is -1.49. The lowest BCUT2D eigenvalue weighted by Gasteiger charge is -2.29. The van der Waals surface area contributed by atoms with Gasteiger partial charge in [0.25, 0.3) is 0 Å². The Kier molecular flexibility index (Phi) is 4.06. The number of aryl methyl sites for hydroxylation is 1. The van der Waals surface area contributed by atoms with E-state index in [1.165, 1.54) is 12.1 Å². The smallest absolute Gasteiger partial charge is 0.378 e. The van der Waals surface area contributed by atoms with E-state index in [0.29, 0.717) is 0 Å². The van der Waals surface area contributed by atoms with Gasteiger partial charge in [-0.25, -0.2) is 4.79 Å². The number of hydrogen-bond donors (Lipinski definition) is 2. The Balaban J connectivity index is 3.08. The summed E-state index contributed by atoms with van der Waals surface area (Å²) >= 11 is 0. The average molecular weight is 258 g/mol. The summed E-state index contributed by atoms with van der Waals surface area (Å²) in [5, 5.41) is 18.2. The van der Waals surface area contributed by atoms with Crippen LogP contribution in [-0.4, -0.2) is 22.1 Å². The molecular formula is C13H16F2O3. The number of hydrogen-bond acceptors (Lipinski definition) is 2. The molecule has 100 valence electrons. The van der Waals surface area contributed by atoms with Crippen molar-refractivity contribution >= 4 is 5.97 Å². The van der Waals surface area contributed by atoms with Crippen LogP contribution < -0.4 is 0 Å². The molecule has 0 aromatic heterocycles. The fraction of sp³-hybridized carbons (Fsp3) is 0.462. The quantitative estimate of drug-likeness (QED) is 0.853. The molecule has 1 aromatic carbocycles. The first kappa shape index (κ1) is 14.6. The second-order valence-corrected chi connectivity index (χ2v) is 4.40. The number of carboxylic acids is 1. The molecule has 1 aromatic rings. The number of alkyl halides is 2. The standard InChI is InChI=1S/C13H16F2O3/c1-3-4-9-5-7-10(8-6-9)12(2,18)13(14,15)11(16)17/h5-8,18H,3-4H2,1-2H3,(H,16,17). The van der Waals surface area contributed by atoms with E-state index in [0.717, 1.165) is 25.3 Å². The first-order valence-electron chi connectivity index (χ1n) is 5.66. The molecule has 0 saturated heterocycles. The Labute approximate surface area is 104 Å². The Morgan fingerprint density at radius 3 is 2.17 bits per heavy atom. The molecule has 0 aliphatic carbocycles. The van der Waals surface area contributed by atoms with E-state index >= 15 is 0 Å². The Morgan fingerprint density at radius 2 is 1.78 bits per heavy atom. The van der Waals surface area contributed by atoms with Crippen LogP contribution in [0.2, 0.25) is 0 Å². The number of aliphatic carboxylic acids is 1. The van der Waals surface area contributed by atoms with Crippen LogP contribution in [0.15, 0.2) is 24.3 Å². The molecule has 0 bridgehead atoms. The lowest BCUT2D eigenvalue weighted by Crippen LogP contribution is -2.48. The third-order valence-corrected chi connectivity index (χ3v) is 2.93. The van der Waals surface area contributed by atoms with Gasteiger partial charge in [-0.3, -0.25) is 0 Å². The number of halogens is 2. The molecule has 0 amide bonds. The lowest BCUT2D eigenvalue weighted by atomic mass is 9.88. The zero-order valence-electron chi connectivity index (χ0n) is 10.3. The number of aliphatic hydroxyl groups is 1. The molecule has 5 heteroatoms. The van der Waals surface area contributed by atoms with Crippen molar-refractivity contribution in [2.45, 2.75) is 38.2 Å². The van der Waals surface area contributed by atoms with Crippen LogP contribution in [0.5, 0.6) is 0 Å². The van der Waals surface area contributed by atoms with Crippen LogP contribution in [0, 0.1) is 0 Å². The summed E-state index contributed by atoms with van der Waals surface area (Å²) in [7, 11) is 0. The molecule has 0 saturated carbocycles. The van der Waals surface area contributed by atoms with Gasteiger partial charge in [-0.2, -0.15) is 8.78 Å². The highest BCUT2D eigenvalue weighted by Gasteiger charge is 2.56. The van der Waals surface area contributed by atoms with Gasteiger partial charge in [0.1, 0.15) is 0 Å². The minimum Gasteiger partial charge on any atom is -0.477 e. The normalized spacial score (nSPS) is 15.2. The number of carboxylic acid groups (broad SMARTS) is 1. The van der Waals surface area contributed by atoms with Crippen molar-refractivity contribution in [3.05, 3.63) is 35.4 Å². The summed E-state index contributed by atoms with van der Waals surface area (Å²) < 4.78 is 26.8. The van der Waals surface area contributed by atoms with Crippen LogP contribution in [-0.2, 0) is 16.8 Å². The number of rotatable bonds is 5. The SMILES string of the molecule is CCCc1ccc(C(C)(O)C(F)(F)C(=O)O)cc1. The van der Waals surface area contributed by atoms with Crippen LogP contribution in [0.25, 0.3) is 0 Å². The first-order valence-corrected chi connectivity index (χ1v) is 5.66. The van der Waals surface area contributed by atoms with E-state index < -0.39 is 17.5 Å². The van der Waals surface area contributed by atoms with Gasteiger partial charge in [-0.05, 0) is 24.5 Å². The van der Waals surface area contributed by atoms with Crippen LogP contribution in [0.3, 0.4) is 0 Å². The van der Waals surface area contributed by atoms with Crippen molar-refractivity contribution in [3.63, 3.8) is 0 Å². The van der Waals surface area contributed by atoms with Crippen LogP contribution >= 0.6 is 0 Å². The average Bonchev–Trinajstić information content (AvgIpc) is 2.29. The minimum atomic E-state index is -4.24. The van der Waals surface area contributed by atoms with Gasteiger partial charge in [-0.1, -0.05) is 37.6 Å². The fourth-order valence-corrected chi connectivity index (χ4v) is 1.67. The van der Waals surface area contributed by atoms with Crippen LogP contribution in [0.4, 0.5) is 8.78 Å². The highest BCUT2D eigenvalue weighted by atomic mass is 19.3. The Bertz CT molecular complexity index is 424. The molecule has 0 radical (unpaired) electrons. The van der Waals surface area contributed by atoms with Crippen molar-refractivity contribution in [1.82, 2.24) is 0 Å². The maximum atomic E-state index is 13.4. The molecule has 0 spiro atoms. The van der Waals surface area contributed by atoms with Gasteiger partial charge >= 0.3 is 11.9 Å². The summed E-state index contributed by atoms with van der Waals surface area (Å²) in [6.07, 6.45) is 1.72. The summed E-state index contributed by atoms with van der Waals surface area (Å²) in [5.74, 6) is -6.58. The van der Waals surface area contributed by atoms with E-state index in [-0.39, 0.29) is 5.56 Å². The maximum Gasteiger partial charge on any atom is 0.378 e. The summed E-state index contributed by atoms with van der Waals surface area (Å²) in [4.78, 5) is 10.5. The molecule has 1 rings (SSSR count). The fourth-order valence-electron chi connectivity index (χ4n) is 1.67. The highest BCUT2D eigenvalue weighted by Crippen LogP contribution is 2.37. The molecule has 18 heavy (non-hydrogen) atoms. The molecule has 0 aliphatic rings. The van der Waals surface area contributed by atoms with Gasteiger partial charge in [0.15, 0.2) is 5.60 Å². The van der Waals surface area contributed by atoms with Crippen molar-refractivity contribution in [2.24, 2.45) is 0 Å². The summed E-state index contributed by atoms with van der Waals surface area (Å²) in [6.45, 7) is 2.79. The third-order valence-electron chi connectivity index (χ3n) is 2.93. The number of carbonyl (C=O) groups is 1. The minimum absolute atomic E-state index is 0.116. The molecule has 3 nitrogen and oxygen atoms in total. The van der Waals surface area contributed by atoms with E-state index in [1.54, 1.807) is 12.1 Å². The van der Waals surface area contributed by atoms with Gasteiger partial charge in [0, 0.05) is 0 Å². The largest absolute Gasteiger partial charge is 0.477 e. The summed E-state index contributed by atoms with van der Waals surface area (Å²) in [6, 6.07) is 5.90. The highest BCUT2D eigenvalue weighted by molar-refractivity contribution is 5.77. The van der Waals surface area contributed by atoms with Gasteiger partial charge in [-0.15, -0.1) is 0 Å². The van der Waals surface area contributed by atoms with Gasteiger partial charge in [0.05, 0.1) is 0 Å². The first-order chi connectivity index (χ1) is 8.23. The van der Waals surface area contributed by atoms with Gasteiger partial charge < -0.3 is 10.2 Å². The second-order valence-electron chi connectivity index (χ2n) is 4.40. The van der Waals surface area contributed by atoms with Crippen LogP contribution in [0.1, 0.15) is 31.4 Å². The van der Waals surface area contributed by atoms with E-state index in [4.69, 9.17) is 5.11 Å². The summed E-state index contributed by atoms with van der Waals surface area (Å²) in [5.41, 5.74) is -1.89. The predicted octanol–water partition coefficient (Wildman–Crippen LogP) is 2.57.